The zero-order valence-corrected chi connectivity index (χ0v) is 26.8. The maximum Gasteiger partial charge on any atom is 0.184 e. The summed E-state index contributed by atoms with van der Waals surface area (Å²) in [4.78, 5) is 14.1. The van der Waals surface area contributed by atoms with Crippen LogP contribution in [0.3, 0.4) is 0 Å². The van der Waals surface area contributed by atoms with Gasteiger partial charge in [-0.15, -0.1) is 0 Å². The third kappa shape index (κ3) is 6.58. The lowest BCUT2D eigenvalue weighted by atomic mass is 9.72. The molecule has 45 heavy (non-hydrogen) atoms. The number of halogens is 2. The summed E-state index contributed by atoms with van der Waals surface area (Å²) in [6, 6.07) is 14.8. The van der Waals surface area contributed by atoms with Gasteiger partial charge in [-0.05, 0) is 68.6 Å². The molecule has 0 aliphatic carbocycles. The van der Waals surface area contributed by atoms with Gasteiger partial charge in [-0.1, -0.05) is 29.3 Å². The SMILES string of the molecule is COc1cc(Nc2c(C#N)cnc3cc(OC#Cc4cccc(CN5CC6(CCN(C)CC6)C5)n4)c(OC)cc23)c(Cl)cc1Cl. The Morgan fingerprint density at radius 1 is 1.00 bits per heavy atom. The van der Waals surface area contributed by atoms with E-state index in [1.807, 2.05) is 18.2 Å². The quantitative estimate of drug-likeness (QED) is 0.227. The van der Waals surface area contributed by atoms with Crippen LogP contribution < -0.4 is 19.5 Å². The second-order valence-corrected chi connectivity index (χ2v) is 12.4. The van der Waals surface area contributed by atoms with E-state index in [1.54, 1.807) is 24.3 Å². The summed E-state index contributed by atoms with van der Waals surface area (Å²) >= 11 is 12.7. The number of aromatic nitrogens is 2. The van der Waals surface area contributed by atoms with Crippen molar-refractivity contribution in [3.63, 3.8) is 0 Å². The average molecular weight is 644 g/mol. The largest absolute Gasteiger partial charge is 0.495 e. The van der Waals surface area contributed by atoms with E-state index in [0.29, 0.717) is 66.2 Å². The summed E-state index contributed by atoms with van der Waals surface area (Å²) in [5, 5.41) is 14.4. The summed E-state index contributed by atoms with van der Waals surface area (Å²) in [6.45, 7) is 5.44. The second-order valence-electron chi connectivity index (χ2n) is 11.6. The molecular formula is C34H32Cl2N6O3. The number of piperidine rings is 1. The number of methoxy groups -OCH3 is 2. The van der Waals surface area contributed by atoms with Gasteiger partial charge in [0.15, 0.2) is 11.5 Å². The molecule has 2 aliphatic rings. The van der Waals surface area contributed by atoms with Crippen molar-refractivity contribution >= 4 is 45.5 Å². The van der Waals surface area contributed by atoms with Crippen LogP contribution in [0.1, 0.15) is 29.8 Å². The fourth-order valence-corrected chi connectivity index (χ4v) is 6.50. The van der Waals surface area contributed by atoms with Gasteiger partial charge in [-0.2, -0.15) is 5.26 Å². The number of ether oxygens (including phenoxy) is 3. The van der Waals surface area contributed by atoms with Crippen LogP contribution in [-0.4, -0.2) is 67.2 Å². The third-order valence-electron chi connectivity index (χ3n) is 8.47. The Balaban J connectivity index is 1.19. The highest BCUT2D eigenvalue weighted by Gasteiger charge is 2.44. The van der Waals surface area contributed by atoms with Crippen molar-refractivity contribution in [2.24, 2.45) is 5.41 Å². The van der Waals surface area contributed by atoms with E-state index in [1.165, 1.54) is 46.3 Å². The molecule has 11 heteroatoms. The first-order valence-corrected chi connectivity index (χ1v) is 15.3. The van der Waals surface area contributed by atoms with E-state index in [-0.39, 0.29) is 0 Å². The van der Waals surface area contributed by atoms with Crippen LogP contribution in [0.2, 0.25) is 10.0 Å². The van der Waals surface area contributed by atoms with Crippen molar-refractivity contribution in [2.75, 3.05) is 52.8 Å². The number of benzene rings is 2. The predicted molar refractivity (Wildman–Crippen MR) is 175 cm³/mol. The number of hydrogen-bond donors (Lipinski definition) is 1. The van der Waals surface area contributed by atoms with Crippen LogP contribution in [0.25, 0.3) is 10.9 Å². The second kappa shape index (κ2) is 13.0. The van der Waals surface area contributed by atoms with Gasteiger partial charge in [0.2, 0.25) is 0 Å². The molecule has 6 rings (SSSR count). The Kier molecular flexibility index (Phi) is 8.89. The van der Waals surface area contributed by atoms with Gasteiger partial charge in [-0.3, -0.25) is 9.88 Å². The van der Waals surface area contributed by atoms with Crippen molar-refractivity contribution < 1.29 is 14.2 Å². The molecule has 1 spiro atoms. The van der Waals surface area contributed by atoms with Crippen LogP contribution in [-0.2, 0) is 6.54 Å². The standard InChI is InChI=1S/C34H32Cl2N6O3/c1-41-10-8-34(9-11-41)20-42(21-34)19-24-6-4-5-23(39-24)7-12-45-32-15-28-25(13-31(32)44-3)33(22(17-37)18-38-28)40-29-16-30(43-2)27(36)14-26(29)35/h4-6,13-16,18H,8-11,19-21H2,1-3H3,(H,38,40). The summed E-state index contributed by atoms with van der Waals surface area (Å²) in [7, 11) is 5.25. The molecule has 9 nitrogen and oxygen atoms in total. The highest BCUT2D eigenvalue weighted by atomic mass is 35.5. The molecule has 0 amide bonds. The maximum atomic E-state index is 9.83. The smallest absolute Gasteiger partial charge is 0.184 e. The first kappa shape index (κ1) is 30.8. The topological polar surface area (TPSA) is 95.8 Å². The van der Waals surface area contributed by atoms with Gasteiger partial charge >= 0.3 is 0 Å². The number of nitrogens with one attached hydrogen (secondary N) is 1. The lowest BCUT2D eigenvalue weighted by molar-refractivity contribution is -0.0476. The zero-order valence-electron chi connectivity index (χ0n) is 25.3. The first-order chi connectivity index (χ1) is 21.8. The van der Waals surface area contributed by atoms with Crippen LogP contribution in [0.5, 0.6) is 17.2 Å². The van der Waals surface area contributed by atoms with Crippen molar-refractivity contribution in [3.8, 4) is 35.3 Å². The highest BCUT2D eigenvalue weighted by molar-refractivity contribution is 6.37. The molecule has 2 aromatic carbocycles. The number of nitriles is 1. The van der Waals surface area contributed by atoms with E-state index in [9.17, 15) is 5.26 Å². The molecule has 1 N–H and O–H groups in total. The van der Waals surface area contributed by atoms with E-state index in [4.69, 9.17) is 42.4 Å². The monoisotopic (exact) mass is 642 g/mol. The molecule has 2 fully saturated rings. The highest BCUT2D eigenvalue weighted by Crippen LogP contribution is 2.42. The Hall–Kier alpha value is -4.25. The lowest BCUT2D eigenvalue weighted by Crippen LogP contribution is -2.59. The van der Waals surface area contributed by atoms with Crippen molar-refractivity contribution in [1.82, 2.24) is 19.8 Å². The molecule has 0 atom stereocenters. The number of fused-ring (bicyclic) bond motifs is 1. The van der Waals surface area contributed by atoms with Gasteiger partial charge in [0, 0.05) is 43.4 Å². The molecule has 0 radical (unpaired) electrons. The molecule has 0 unspecified atom stereocenters. The maximum absolute atomic E-state index is 9.83. The normalized spacial score (nSPS) is 15.9. The van der Waals surface area contributed by atoms with Crippen molar-refractivity contribution in [2.45, 2.75) is 19.4 Å². The van der Waals surface area contributed by atoms with E-state index >= 15 is 0 Å². The third-order valence-corrected chi connectivity index (χ3v) is 9.08. The van der Waals surface area contributed by atoms with Gasteiger partial charge in [0.1, 0.15) is 23.6 Å². The molecule has 2 aromatic heterocycles. The molecule has 4 aromatic rings. The van der Waals surface area contributed by atoms with E-state index in [0.717, 1.165) is 25.3 Å². The minimum Gasteiger partial charge on any atom is -0.495 e. The van der Waals surface area contributed by atoms with Crippen LogP contribution in [0, 0.1) is 28.8 Å². The molecule has 2 aliphatic heterocycles. The predicted octanol–water partition coefficient (Wildman–Crippen LogP) is 6.48. The van der Waals surface area contributed by atoms with Crippen LogP contribution >= 0.6 is 23.2 Å². The number of anilines is 2. The van der Waals surface area contributed by atoms with Crippen molar-refractivity contribution in [1.29, 1.82) is 5.26 Å². The Bertz CT molecular complexity index is 1850. The molecule has 0 saturated carbocycles. The van der Waals surface area contributed by atoms with E-state index < -0.39 is 0 Å². The summed E-state index contributed by atoms with van der Waals surface area (Å²) in [5.74, 6) is 4.25. The molecule has 230 valence electrons. The Morgan fingerprint density at radius 2 is 1.78 bits per heavy atom. The summed E-state index contributed by atoms with van der Waals surface area (Å²) < 4.78 is 16.8. The van der Waals surface area contributed by atoms with E-state index in [2.05, 4.69) is 45.2 Å². The molecular weight excluding hydrogens is 611 g/mol. The summed E-state index contributed by atoms with van der Waals surface area (Å²) in [6.07, 6.45) is 6.79. The average Bonchev–Trinajstić information content (AvgIpc) is 3.02. The van der Waals surface area contributed by atoms with Gasteiger partial charge in [-0.25, -0.2) is 4.98 Å². The zero-order chi connectivity index (χ0) is 31.6. The number of likely N-dealkylation sites (tertiary alicyclic amines) is 2. The van der Waals surface area contributed by atoms with Crippen molar-refractivity contribution in [3.05, 3.63) is 75.7 Å². The van der Waals surface area contributed by atoms with Crippen LogP contribution in [0.15, 0.2) is 48.7 Å². The number of pyridine rings is 2. The molecule has 4 heterocycles. The minimum atomic E-state index is 0.314. The van der Waals surface area contributed by atoms with Gasteiger partial charge in [0.25, 0.3) is 0 Å². The number of hydrogen-bond acceptors (Lipinski definition) is 9. The minimum absolute atomic E-state index is 0.314. The number of nitrogens with zero attached hydrogens (tertiary/aromatic N) is 5. The first-order valence-electron chi connectivity index (χ1n) is 14.6. The molecule has 0 bridgehead atoms. The van der Waals surface area contributed by atoms with Gasteiger partial charge < -0.3 is 24.4 Å². The Morgan fingerprint density at radius 3 is 2.51 bits per heavy atom. The fourth-order valence-electron chi connectivity index (χ4n) is 6.00. The number of rotatable bonds is 7. The lowest BCUT2D eigenvalue weighted by Gasteiger charge is -2.53. The fraction of sp³-hybridized carbons (Fsp3) is 0.324. The van der Waals surface area contributed by atoms with Gasteiger partial charge in [0.05, 0.1) is 52.4 Å². The van der Waals surface area contributed by atoms with Crippen LogP contribution in [0.4, 0.5) is 11.4 Å². The Labute approximate surface area is 272 Å². The molecule has 2 saturated heterocycles. The summed E-state index contributed by atoms with van der Waals surface area (Å²) in [5.41, 5.74) is 3.97.